The van der Waals surface area contributed by atoms with Gasteiger partial charge in [-0.1, -0.05) is 19.8 Å². The first kappa shape index (κ1) is 11.7. The van der Waals surface area contributed by atoms with E-state index in [9.17, 15) is 0 Å². The molecule has 1 heterocycles. The lowest BCUT2D eigenvalue weighted by Gasteiger charge is -1.94. The number of aromatic nitrogens is 1. The van der Waals surface area contributed by atoms with Gasteiger partial charge in [-0.25, -0.2) is 4.98 Å². The summed E-state index contributed by atoms with van der Waals surface area (Å²) < 4.78 is 0. The highest BCUT2D eigenvalue weighted by Gasteiger charge is 2.00. The first-order valence-corrected chi connectivity index (χ1v) is 6.26. The highest BCUT2D eigenvalue weighted by Crippen LogP contribution is 2.16. The summed E-state index contributed by atoms with van der Waals surface area (Å²) in [5, 5.41) is 4.41. The average Bonchev–Trinajstić information content (AvgIpc) is 2.63. The van der Waals surface area contributed by atoms with Crippen molar-refractivity contribution in [2.45, 2.75) is 39.0 Å². The molecule has 0 radical (unpaired) electrons. The highest BCUT2D eigenvalue weighted by atomic mass is 32.1. The van der Waals surface area contributed by atoms with Gasteiger partial charge in [0.2, 0.25) is 0 Å². The Kier molecular flexibility index (Phi) is 5.80. The number of unbranched alkanes of at least 4 members (excludes halogenated alkanes) is 2. The lowest BCUT2D eigenvalue weighted by atomic mass is 10.2. The number of likely N-dealkylation sites (N-methyl/N-ethyl adjacent to an activating group) is 1. The van der Waals surface area contributed by atoms with Gasteiger partial charge in [0, 0.05) is 24.0 Å². The Balaban J connectivity index is 2.27. The Morgan fingerprint density at radius 1 is 1.36 bits per heavy atom. The third-order valence-electron chi connectivity index (χ3n) is 2.22. The quantitative estimate of drug-likeness (QED) is 0.703. The number of hydrogen-bond acceptors (Lipinski definition) is 3. The summed E-state index contributed by atoms with van der Waals surface area (Å²) in [7, 11) is 1.98. The SMILES string of the molecule is CCCCCc1cnc(CCNC)s1. The fourth-order valence-electron chi connectivity index (χ4n) is 1.36. The van der Waals surface area contributed by atoms with Crippen LogP contribution in [-0.4, -0.2) is 18.6 Å². The second-order valence-corrected chi connectivity index (χ2v) is 4.73. The van der Waals surface area contributed by atoms with E-state index in [2.05, 4.69) is 17.2 Å². The largest absolute Gasteiger partial charge is 0.319 e. The van der Waals surface area contributed by atoms with Gasteiger partial charge in [-0.15, -0.1) is 11.3 Å². The molecule has 0 saturated heterocycles. The molecule has 80 valence electrons. The zero-order valence-corrected chi connectivity index (χ0v) is 9.99. The molecule has 0 spiro atoms. The maximum atomic E-state index is 4.41. The monoisotopic (exact) mass is 212 g/mol. The van der Waals surface area contributed by atoms with Gasteiger partial charge < -0.3 is 5.32 Å². The fourth-order valence-corrected chi connectivity index (χ4v) is 2.32. The van der Waals surface area contributed by atoms with Crippen LogP contribution in [0.25, 0.3) is 0 Å². The van der Waals surface area contributed by atoms with E-state index in [4.69, 9.17) is 0 Å². The number of rotatable bonds is 7. The summed E-state index contributed by atoms with van der Waals surface area (Å²) in [5.41, 5.74) is 0. The van der Waals surface area contributed by atoms with E-state index in [0.29, 0.717) is 0 Å². The van der Waals surface area contributed by atoms with Gasteiger partial charge in [0.25, 0.3) is 0 Å². The number of thiazole rings is 1. The van der Waals surface area contributed by atoms with Crippen LogP contribution in [-0.2, 0) is 12.8 Å². The van der Waals surface area contributed by atoms with Gasteiger partial charge in [-0.3, -0.25) is 0 Å². The predicted octanol–water partition coefficient (Wildman–Crippen LogP) is 2.64. The van der Waals surface area contributed by atoms with Crippen molar-refractivity contribution in [1.82, 2.24) is 10.3 Å². The molecule has 3 heteroatoms. The molecule has 0 aliphatic rings. The van der Waals surface area contributed by atoms with Gasteiger partial charge in [0.15, 0.2) is 0 Å². The van der Waals surface area contributed by atoms with Gasteiger partial charge >= 0.3 is 0 Å². The lowest BCUT2D eigenvalue weighted by Crippen LogP contribution is -2.09. The van der Waals surface area contributed by atoms with Crippen molar-refractivity contribution < 1.29 is 0 Å². The van der Waals surface area contributed by atoms with Crippen molar-refractivity contribution in [1.29, 1.82) is 0 Å². The van der Waals surface area contributed by atoms with Crippen molar-refractivity contribution >= 4 is 11.3 Å². The summed E-state index contributed by atoms with van der Waals surface area (Å²) in [6, 6.07) is 0. The first-order chi connectivity index (χ1) is 6.86. The normalized spacial score (nSPS) is 10.7. The van der Waals surface area contributed by atoms with Crippen molar-refractivity contribution in [3.63, 3.8) is 0 Å². The molecule has 0 aromatic carbocycles. The maximum Gasteiger partial charge on any atom is 0.0940 e. The molecule has 0 saturated carbocycles. The van der Waals surface area contributed by atoms with Gasteiger partial charge in [-0.2, -0.15) is 0 Å². The molecule has 2 nitrogen and oxygen atoms in total. The first-order valence-electron chi connectivity index (χ1n) is 5.45. The van der Waals surface area contributed by atoms with Crippen LogP contribution in [0.4, 0.5) is 0 Å². The van der Waals surface area contributed by atoms with Gasteiger partial charge in [0.05, 0.1) is 5.01 Å². The molecule has 0 aliphatic carbocycles. The molecule has 0 unspecified atom stereocenters. The Morgan fingerprint density at radius 2 is 2.21 bits per heavy atom. The molecule has 1 rings (SSSR count). The topological polar surface area (TPSA) is 24.9 Å². The van der Waals surface area contributed by atoms with E-state index < -0.39 is 0 Å². The molecule has 1 N–H and O–H groups in total. The number of nitrogens with zero attached hydrogens (tertiary/aromatic N) is 1. The Morgan fingerprint density at radius 3 is 2.93 bits per heavy atom. The molecule has 0 aliphatic heterocycles. The summed E-state index contributed by atoms with van der Waals surface area (Å²) in [5.74, 6) is 0. The number of nitrogens with one attached hydrogen (secondary N) is 1. The maximum absolute atomic E-state index is 4.41. The van der Waals surface area contributed by atoms with Crippen LogP contribution in [0.3, 0.4) is 0 Å². The molecular formula is C11H20N2S. The summed E-state index contributed by atoms with van der Waals surface area (Å²) in [6.07, 6.45) is 8.27. The van der Waals surface area contributed by atoms with E-state index in [1.54, 1.807) is 0 Å². The zero-order chi connectivity index (χ0) is 10.2. The second-order valence-electron chi connectivity index (χ2n) is 3.53. The molecule has 0 amide bonds. The lowest BCUT2D eigenvalue weighted by molar-refractivity contribution is 0.722. The smallest absolute Gasteiger partial charge is 0.0940 e. The fraction of sp³-hybridized carbons (Fsp3) is 0.727. The zero-order valence-electron chi connectivity index (χ0n) is 9.18. The van der Waals surface area contributed by atoms with Crippen molar-refractivity contribution in [2.24, 2.45) is 0 Å². The molecule has 0 bridgehead atoms. The molecule has 14 heavy (non-hydrogen) atoms. The van der Waals surface area contributed by atoms with Crippen LogP contribution in [0.5, 0.6) is 0 Å². The molecule has 0 atom stereocenters. The number of aryl methyl sites for hydroxylation is 1. The van der Waals surface area contributed by atoms with Crippen molar-refractivity contribution in [3.8, 4) is 0 Å². The summed E-state index contributed by atoms with van der Waals surface area (Å²) in [4.78, 5) is 5.86. The summed E-state index contributed by atoms with van der Waals surface area (Å²) >= 11 is 1.87. The molecule has 1 aromatic rings. The third-order valence-corrected chi connectivity index (χ3v) is 3.33. The van der Waals surface area contributed by atoms with E-state index in [1.807, 2.05) is 24.6 Å². The van der Waals surface area contributed by atoms with Crippen LogP contribution >= 0.6 is 11.3 Å². The average molecular weight is 212 g/mol. The predicted molar refractivity (Wildman–Crippen MR) is 63.0 cm³/mol. The Bertz CT molecular complexity index is 245. The molecular weight excluding hydrogens is 192 g/mol. The van der Waals surface area contributed by atoms with Crippen LogP contribution in [0, 0.1) is 0 Å². The van der Waals surface area contributed by atoms with E-state index in [-0.39, 0.29) is 0 Å². The van der Waals surface area contributed by atoms with Gasteiger partial charge in [0.1, 0.15) is 0 Å². The number of hydrogen-bond donors (Lipinski definition) is 1. The van der Waals surface area contributed by atoms with E-state index in [0.717, 1.165) is 13.0 Å². The minimum absolute atomic E-state index is 1.03. The Hall–Kier alpha value is -0.410. The molecule has 1 aromatic heterocycles. The van der Waals surface area contributed by atoms with Crippen LogP contribution in [0.15, 0.2) is 6.20 Å². The highest BCUT2D eigenvalue weighted by molar-refractivity contribution is 7.11. The summed E-state index contributed by atoms with van der Waals surface area (Å²) in [6.45, 7) is 3.27. The minimum Gasteiger partial charge on any atom is -0.319 e. The van der Waals surface area contributed by atoms with Crippen LogP contribution in [0.1, 0.15) is 36.1 Å². The third kappa shape index (κ3) is 4.20. The van der Waals surface area contributed by atoms with E-state index in [1.165, 1.54) is 35.6 Å². The van der Waals surface area contributed by atoms with E-state index >= 15 is 0 Å². The Labute approximate surface area is 90.8 Å². The van der Waals surface area contributed by atoms with Crippen molar-refractivity contribution in [3.05, 3.63) is 16.1 Å². The second kappa shape index (κ2) is 6.96. The van der Waals surface area contributed by atoms with Crippen LogP contribution < -0.4 is 5.32 Å². The molecule has 0 fully saturated rings. The van der Waals surface area contributed by atoms with Gasteiger partial charge in [-0.05, 0) is 19.9 Å². The standard InChI is InChI=1S/C11H20N2S/c1-3-4-5-6-10-9-13-11(14-10)7-8-12-2/h9,12H,3-8H2,1-2H3. The van der Waals surface area contributed by atoms with Crippen molar-refractivity contribution in [2.75, 3.05) is 13.6 Å². The van der Waals surface area contributed by atoms with Crippen LogP contribution in [0.2, 0.25) is 0 Å². The minimum atomic E-state index is 1.03.